The van der Waals surface area contributed by atoms with E-state index >= 15 is 0 Å². The van der Waals surface area contributed by atoms with Gasteiger partial charge in [-0.3, -0.25) is 4.79 Å². The van der Waals surface area contributed by atoms with E-state index in [1.54, 1.807) is 24.4 Å². The van der Waals surface area contributed by atoms with E-state index < -0.39 is 28.9 Å². The molecule has 0 saturated carbocycles. The Balaban J connectivity index is 2.00. The van der Waals surface area contributed by atoms with Gasteiger partial charge in [0, 0.05) is 12.3 Å². The molecular formula is C15H9F3N2O. The molecule has 3 nitrogen and oxygen atoms in total. The summed E-state index contributed by atoms with van der Waals surface area (Å²) in [7, 11) is 0. The van der Waals surface area contributed by atoms with Gasteiger partial charge >= 0.3 is 0 Å². The first-order valence-corrected chi connectivity index (χ1v) is 5.90. The minimum atomic E-state index is -1.35. The van der Waals surface area contributed by atoms with Crippen LogP contribution in [0.2, 0.25) is 0 Å². The highest BCUT2D eigenvalue weighted by atomic mass is 19.2. The Morgan fingerprint density at radius 3 is 2.62 bits per heavy atom. The van der Waals surface area contributed by atoms with Crippen molar-refractivity contribution in [3.05, 3.63) is 65.2 Å². The number of benzene rings is 1. The quantitative estimate of drug-likeness (QED) is 0.681. The molecule has 1 aromatic carbocycles. The largest absolute Gasteiger partial charge is 0.341 e. The van der Waals surface area contributed by atoms with Crippen LogP contribution >= 0.6 is 0 Å². The van der Waals surface area contributed by atoms with Gasteiger partial charge in [-0.15, -0.1) is 0 Å². The van der Waals surface area contributed by atoms with E-state index in [4.69, 9.17) is 0 Å². The number of amides is 1. The van der Waals surface area contributed by atoms with Gasteiger partial charge in [0.15, 0.2) is 11.6 Å². The van der Waals surface area contributed by atoms with Gasteiger partial charge in [-0.1, -0.05) is 12.0 Å². The van der Waals surface area contributed by atoms with Crippen LogP contribution in [-0.4, -0.2) is 17.4 Å². The SMILES string of the molecule is O=C(NCC#Cc1ccccn1)c1cc(F)c(F)cc1F. The van der Waals surface area contributed by atoms with E-state index in [-0.39, 0.29) is 6.54 Å². The van der Waals surface area contributed by atoms with Crippen molar-refractivity contribution in [1.82, 2.24) is 10.3 Å². The highest BCUT2D eigenvalue weighted by Gasteiger charge is 2.15. The normalized spacial score (nSPS) is 9.67. The highest BCUT2D eigenvalue weighted by molar-refractivity contribution is 5.94. The zero-order chi connectivity index (χ0) is 15.2. The van der Waals surface area contributed by atoms with Gasteiger partial charge in [-0.2, -0.15) is 0 Å². The lowest BCUT2D eigenvalue weighted by Crippen LogP contribution is -2.25. The summed E-state index contributed by atoms with van der Waals surface area (Å²) in [6, 6.07) is 6.00. The summed E-state index contributed by atoms with van der Waals surface area (Å²) in [5, 5.41) is 2.29. The minimum Gasteiger partial charge on any atom is -0.341 e. The molecule has 1 N–H and O–H groups in total. The predicted molar refractivity (Wildman–Crippen MR) is 69.8 cm³/mol. The molecule has 21 heavy (non-hydrogen) atoms. The van der Waals surface area contributed by atoms with Gasteiger partial charge in [0.2, 0.25) is 0 Å². The average Bonchev–Trinajstić information content (AvgIpc) is 2.48. The molecule has 0 unspecified atom stereocenters. The van der Waals surface area contributed by atoms with Crippen LogP contribution in [0.1, 0.15) is 16.1 Å². The van der Waals surface area contributed by atoms with E-state index in [1.807, 2.05) is 0 Å². The molecule has 0 aliphatic rings. The van der Waals surface area contributed by atoms with Crippen LogP contribution in [0.5, 0.6) is 0 Å². The Morgan fingerprint density at radius 1 is 1.14 bits per heavy atom. The topological polar surface area (TPSA) is 42.0 Å². The molecular weight excluding hydrogens is 281 g/mol. The lowest BCUT2D eigenvalue weighted by atomic mass is 10.2. The molecule has 0 aliphatic heterocycles. The van der Waals surface area contributed by atoms with Crippen molar-refractivity contribution in [2.24, 2.45) is 0 Å². The third-order valence-corrected chi connectivity index (χ3v) is 2.47. The molecule has 1 heterocycles. The third-order valence-electron chi connectivity index (χ3n) is 2.47. The lowest BCUT2D eigenvalue weighted by Gasteiger charge is -2.03. The number of carbonyl (C=O) groups excluding carboxylic acids is 1. The zero-order valence-electron chi connectivity index (χ0n) is 10.7. The first kappa shape index (κ1) is 14.6. The summed E-state index contributed by atoms with van der Waals surface area (Å²) in [5.74, 6) is 0.649. The number of pyridine rings is 1. The van der Waals surface area contributed by atoms with Gasteiger partial charge in [-0.25, -0.2) is 18.2 Å². The van der Waals surface area contributed by atoms with Crippen LogP contribution in [0.25, 0.3) is 0 Å². The molecule has 106 valence electrons. The number of rotatable bonds is 2. The maximum absolute atomic E-state index is 13.3. The van der Waals surface area contributed by atoms with Crippen molar-refractivity contribution < 1.29 is 18.0 Å². The fourth-order valence-corrected chi connectivity index (χ4v) is 1.49. The summed E-state index contributed by atoms with van der Waals surface area (Å²) in [5.41, 5.74) is -0.0562. The van der Waals surface area contributed by atoms with Crippen LogP contribution in [0.3, 0.4) is 0 Å². The maximum atomic E-state index is 13.3. The van der Waals surface area contributed by atoms with E-state index in [9.17, 15) is 18.0 Å². The van der Waals surface area contributed by atoms with Crippen molar-refractivity contribution in [1.29, 1.82) is 0 Å². The van der Waals surface area contributed by atoms with Crippen molar-refractivity contribution in [3.8, 4) is 11.8 Å². The molecule has 2 aromatic rings. The second kappa shape index (κ2) is 6.57. The molecule has 0 bridgehead atoms. The maximum Gasteiger partial charge on any atom is 0.255 e. The molecule has 1 amide bonds. The fourth-order valence-electron chi connectivity index (χ4n) is 1.49. The minimum absolute atomic E-state index is 0.0756. The molecule has 0 saturated heterocycles. The van der Waals surface area contributed by atoms with Crippen molar-refractivity contribution in [2.75, 3.05) is 6.54 Å². The first-order valence-electron chi connectivity index (χ1n) is 5.90. The smallest absolute Gasteiger partial charge is 0.255 e. The van der Waals surface area contributed by atoms with Crippen LogP contribution in [0.15, 0.2) is 36.5 Å². The third kappa shape index (κ3) is 3.83. The Kier molecular flexibility index (Phi) is 4.57. The number of hydrogen-bond donors (Lipinski definition) is 1. The highest BCUT2D eigenvalue weighted by Crippen LogP contribution is 2.13. The second-order valence-corrected chi connectivity index (χ2v) is 3.95. The molecule has 0 spiro atoms. The van der Waals surface area contributed by atoms with Crippen LogP contribution in [0.4, 0.5) is 13.2 Å². The number of hydrogen-bond acceptors (Lipinski definition) is 2. The van der Waals surface area contributed by atoms with E-state index in [2.05, 4.69) is 22.1 Å². The van der Waals surface area contributed by atoms with Gasteiger partial charge in [0.05, 0.1) is 12.1 Å². The van der Waals surface area contributed by atoms with E-state index in [0.29, 0.717) is 17.8 Å². The van der Waals surface area contributed by atoms with E-state index in [1.165, 1.54) is 0 Å². The number of nitrogens with zero attached hydrogens (tertiary/aromatic N) is 1. The molecule has 0 radical (unpaired) electrons. The van der Waals surface area contributed by atoms with Gasteiger partial charge < -0.3 is 5.32 Å². The van der Waals surface area contributed by atoms with Crippen molar-refractivity contribution in [2.45, 2.75) is 0 Å². The van der Waals surface area contributed by atoms with Crippen LogP contribution < -0.4 is 5.32 Å². The number of nitrogens with one attached hydrogen (secondary N) is 1. The summed E-state index contributed by atoms with van der Waals surface area (Å²) < 4.78 is 39.1. The lowest BCUT2D eigenvalue weighted by molar-refractivity contribution is 0.0954. The Bertz CT molecular complexity index is 721. The monoisotopic (exact) mass is 290 g/mol. The summed E-state index contributed by atoms with van der Waals surface area (Å²) in [6.07, 6.45) is 1.57. The molecule has 0 fully saturated rings. The summed E-state index contributed by atoms with van der Waals surface area (Å²) in [6.45, 7) is -0.0756. The zero-order valence-corrected chi connectivity index (χ0v) is 10.7. The first-order chi connectivity index (χ1) is 10.1. The van der Waals surface area contributed by atoms with Gasteiger partial charge in [0.1, 0.15) is 11.5 Å². The summed E-state index contributed by atoms with van der Waals surface area (Å²) in [4.78, 5) is 15.6. The fraction of sp³-hybridized carbons (Fsp3) is 0.0667. The molecule has 0 aliphatic carbocycles. The van der Waals surface area contributed by atoms with Crippen molar-refractivity contribution in [3.63, 3.8) is 0 Å². The van der Waals surface area contributed by atoms with Crippen LogP contribution in [0, 0.1) is 29.3 Å². The molecule has 0 atom stereocenters. The van der Waals surface area contributed by atoms with Crippen LogP contribution in [-0.2, 0) is 0 Å². The Labute approximate surface area is 118 Å². The molecule has 2 rings (SSSR count). The van der Waals surface area contributed by atoms with Gasteiger partial charge in [-0.05, 0) is 24.1 Å². The predicted octanol–water partition coefficient (Wildman–Crippen LogP) is 2.28. The summed E-state index contributed by atoms with van der Waals surface area (Å²) >= 11 is 0. The molecule has 6 heteroatoms. The van der Waals surface area contributed by atoms with E-state index in [0.717, 1.165) is 0 Å². The molecule has 1 aromatic heterocycles. The number of aromatic nitrogens is 1. The number of carbonyl (C=O) groups is 1. The standard InChI is InChI=1S/C15H9F3N2O/c16-12-9-14(18)13(17)8-11(12)15(21)20-7-3-5-10-4-1-2-6-19-10/h1-2,4,6,8-9H,7H2,(H,20,21). The van der Waals surface area contributed by atoms with Gasteiger partial charge in [0.25, 0.3) is 5.91 Å². The average molecular weight is 290 g/mol. The van der Waals surface area contributed by atoms with Crippen molar-refractivity contribution >= 4 is 5.91 Å². The Hall–Kier alpha value is -2.81. The Morgan fingerprint density at radius 2 is 1.90 bits per heavy atom. The second-order valence-electron chi connectivity index (χ2n) is 3.95. The number of halogens is 3.